The van der Waals surface area contributed by atoms with Gasteiger partial charge in [-0.25, -0.2) is 5.10 Å². The molecule has 0 aliphatic rings. The van der Waals surface area contributed by atoms with Gasteiger partial charge in [-0.2, -0.15) is 4.98 Å². The fraction of sp³-hybridized carbons (Fsp3) is 0.353. The van der Waals surface area contributed by atoms with Gasteiger partial charge in [-0.15, -0.1) is 14.6 Å². The van der Waals surface area contributed by atoms with Crippen molar-refractivity contribution in [1.29, 1.82) is 0 Å². The van der Waals surface area contributed by atoms with Crippen molar-refractivity contribution in [2.75, 3.05) is 0 Å². The molecule has 4 aromatic rings. The number of nitrogens with one attached hydrogen (secondary N) is 1. The highest BCUT2D eigenvalue weighted by Gasteiger charge is 2.18. The molecule has 1 N–H and O–H groups in total. The zero-order chi connectivity index (χ0) is 17.4. The lowest BCUT2D eigenvalue weighted by atomic mass is 10.3. The van der Waals surface area contributed by atoms with E-state index in [-0.39, 0.29) is 0 Å². The molecule has 0 amide bonds. The number of hydrogen-bond acceptors (Lipinski definition) is 4. The molecule has 0 fully saturated rings. The Labute approximate surface area is 145 Å². The van der Waals surface area contributed by atoms with Gasteiger partial charge < -0.3 is 0 Å². The Morgan fingerprint density at radius 1 is 1.16 bits per heavy atom. The highest BCUT2D eigenvalue weighted by atomic mass is 15.4. The van der Waals surface area contributed by atoms with E-state index in [1.165, 1.54) is 0 Å². The molecular weight excluding hydrogens is 316 g/mol. The van der Waals surface area contributed by atoms with E-state index < -0.39 is 0 Å². The average Bonchev–Trinajstić information content (AvgIpc) is 3.33. The number of fused-ring (bicyclic) bond motifs is 1. The van der Waals surface area contributed by atoms with Crippen LogP contribution in [0.1, 0.15) is 30.0 Å². The van der Waals surface area contributed by atoms with Crippen molar-refractivity contribution >= 4 is 5.65 Å². The zero-order valence-corrected chi connectivity index (χ0v) is 14.6. The highest BCUT2D eigenvalue weighted by molar-refractivity contribution is 5.37. The van der Waals surface area contributed by atoms with Gasteiger partial charge in [0, 0.05) is 38.7 Å². The van der Waals surface area contributed by atoms with Crippen molar-refractivity contribution in [1.82, 2.24) is 34.4 Å². The van der Waals surface area contributed by atoms with Crippen molar-refractivity contribution in [2.24, 2.45) is 7.05 Å². The van der Waals surface area contributed by atoms with E-state index in [9.17, 15) is 0 Å². The number of H-pyrrole nitrogens is 1. The predicted octanol–water partition coefficient (Wildman–Crippen LogP) is 1.12. The first-order valence-electron chi connectivity index (χ1n) is 8.44. The molecule has 0 unspecified atom stereocenters. The molecule has 0 aliphatic heterocycles. The van der Waals surface area contributed by atoms with Crippen LogP contribution in [0.5, 0.6) is 0 Å². The standard InChI is InChI=1S/C17H20N8/c1-4-14-18-11-12(2)16-19-13(21-25(14)16)7-8-15-20-17(22-23(15)3)24-9-5-6-10-24/h5-6,9-11H,4,7-8H2,1-3H3/p+1. The molecule has 0 radical (unpaired) electrons. The van der Waals surface area contributed by atoms with E-state index in [4.69, 9.17) is 4.98 Å². The minimum absolute atomic E-state index is 0.690. The normalized spacial score (nSPS) is 11.5. The fourth-order valence-electron chi connectivity index (χ4n) is 2.91. The monoisotopic (exact) mass is 337 g/mol. The largest absolute Gasteiger partial charge is 0.292 e. The van der Waals surface area contributed by atoms with Crippen LogP contribution < -0.4 is 4.52 Å². The first-order valence-corrected chi connectivity index (χ1v) is 8.44. The maximum absolute atomic E-state index is 4.73. The summed E-state index contributed by atoms with van der Waals surface area (Å²) in [5.41, 5.74) is 2.00. The Balaban J connectivity index is 1.58. The number of aryl methyl sites for hydroxylation is 5. The van der Waals surface area contributed by atoms with Crippen molar-refractivity contribution in [2.45, 2.75) is 33.1 Å². The molecule has 0 saturated carbocycles. The summed E-state index contributed by atoms with van der Waals surface area (Å²) in [4.78, 5) is 13.8. The third-order valence-electron chi connectivity index (χ3n) is 4.29. The van der Waals surface area contributed by atoms with Crippen molar-refractivity contribution in [3.63, 3.8) is 0 Å². The minimum Gasteiger partial charge on any atom is -0.292 e. The first-order chi connectivity index (χ1) is 12.2. The molecule has 4 aromatic heterocycles. The molecular formula is C17H21N8+. The second-order valence-corrected chi connectivity index (χ2v) is 6.08. The van der Waals surface area contributed by atoms with Crippen LogP contribution in [0.2, 0.25) is 0 Å². The quantitative estimate of drug-likeness (QED) is 0.553. The van der Waals surface area contributed by atoms with E-state index >= 15 is 0 Å². The molecule has 8 heteroatoms. The first kappa shape index (κ1) is 15.5. The van der Waals surface area contributed by atoms with Crippen LogP contribution in [0.4, 0.5) is 0 Å². The molecule has 0 aromatic carbocycles. The van der Waals surface area contributed by atoms with Crippen LogP contribution >= 0.6 is 0 Å². The van der Waals surface area contributed by atoms with E-state index in [2.05, 4.69) is 27.1 Å². The Morgan fingerprint density at radius 2 is 1.96 bits per heavy atom. The molecule has 128 valence electrons. The lowest BCUT2D eigenvalue weighted by Crippen LogP contribution is -2.31. The van der Waals surface area contributed by atoms with Crippen molar-refractivity contribution in [3.8, 4) is 5.95 Å². The maximum atomic E-state index is 4.73. The van der Waals surface area contributed by atoms with Gasteiger partial charge in [0.25, 0.3) is 17.4 Å². The summed E-state index contributed by atoms with van der Waals surface area (Å²) in [6.45, 7) is 4.12. The van der Waals surface area contributed by atoms with Gasteiger partial charge in [0.1, 0.15) is 12.0 Å². The number of rotatable bonds is 5. The van der Waals surface area contributed by atoms with E-state index in [1.807, 2.05) is 58.5 Å². The zero-order valence-electron chi connectivity index (χ0n) is 14.6. The molecule has 0 bridgehead atoms. The summed E-state index contributed by atoms with van der Waals surface area (Å²) < 4.78 is 5.71. The summed E-state index contributed by atoms with van der Waals surface area (Å²) in [6, 6.07) is 3.92. The minimum atomic E-state index is 0.690. The van der Waals surface area contributed by atoms with Gasteiger partial charge in [0.05, 0.1) is 5.56 Å². The van der Waals surface area contributed by atoms with Gasteiger partial charge in [0.2, 0.25) is 5.82 Å². The summed E-state index contributed by atoms with van der Waals surface area (Å²) >= 11 is 0. The van der Waals surface area contributed by atoms with Crippen LogP contribution in [-0.2, 0) is 26.3 Å². The van der Waals surface area contributed by atoms with Gasteiger partial charge in [-0.05, 0) is 19.1 Å². The molecule has 4 rings (SSSR count). The summed E-state index contributed by atoms with van der Waals surface area (Å²) in [5, 5.41) is 7.83. The molecule has 0 saturated heterocycles. The summed E-state index contributed by atoms with van der Waals surface area (Å²) in [7, 11) is 1.92. The van der Waals surface area contributed by atoms with Crippen molar-refractivity contribution < 1.29 is 4.52 Å². The number of aromatic amines is 1. The summed E-state index contributed by atoms with van der Waals surface area (Å²) in [5.74, 6) is 3.53. The second-order valence-electron chi connectivity index (χ2n) is 6.08. The fourth-order valence-corrected chi connectivity index (χ4v) is 2.91. The molecule has 8 nitrogen and oxygen atoms in total. The van der Waals surface area contributed by atoms with Gasteiger partial charge in [0.15, 0.2) is 0 Å². The molecule has 0 aliphatic carbocycles. The second kappa shape index (κ2) is 6.12. The molecule has 0 spiro atoms. The van der Waals surface area contributed by atoms with E-state index in [0.29, 0.717) is 5.95 Å². The third-order valence-corrected chi connectivity index (χ3v) is 4.29. The lowest BCUT2D eigenvalue weighted by molar-refractivity contribution is -0.590. The van der Waals surface area contributed by atoms with Gasteiger partial charge >= 0.3 is 0 Å². The van der Waals surface area contributed by atoms with Crippen LogP contribution in [-0.4, -0.2) is 34.4 Å². The Kier molecular flexibility index (Phi) is 3.79. The number of aromatic nitrogens is 8. The van der Waals surface area contributed by atoms with Gasteiger partial charge in [-0.1, -0.05) is 11.9 Å². The SMILES string of the molecule is CCc1ncc(C)c2nc(CCc3nc(-n4cccc4)nn3C)[nH][n+]12. The van der Waals surface area contributed by atoms with Crippen LogP contribution in [0.25, 0.3) is 11.6 Å². The Morgan fingerprint density at radius 3 is 2.72 bits per heavy atom. The maximum Gasteiger partial charge on any atom is 0.292 e. The lowest BCUT2D eigenvalue weighted by Gasteiger charge is -1.95. The molecule has 4 heterocycles. The third kappa shape index (κ3) is 2.79. The predicted molar refractivity (Wildman–Crippen MR) is 91.4 cm³/mol. The number of hydrogen-bond donors (Lipinski definition) is 1. The average molecular weight is 337 g/mol. The van der Waals surface area contributed by atoms with Gasteiger partial charge in [-0.3, -0.25) is 9.25 Å². The van der Waals surface area contributed by atoms with E-state index in [0.717, 1.165) is 47.9 Å². The Hall–Kier alpha value is -3.03. The van der Waals surface area contributed by atoms with Crippen LogP contribution in [0, 0.1) is 6.92 Å². The topological polar surface area (TPSA) is 81.3 Å². The van der Waals surface area contributed by atoms with Crippen LogP contribution in [0.15, 0.2) is 30.7 Å². The highest BCUT2D eigenvalue weighted by Crippen LogP contribution is 2.08. The summed E-state index contributed by atoms with van der Waals surface area (Å²) in [6.07, 6.45) is 8.15. The van der Waals surface area contributed by atoms with Crippen molar-refractivity contribution in [3.05, 3.63) is 53.8 Å². The van der Waals surface area contributed by atoms with E-state index in [1.54, 1.807) is 0 Å². The Bertz CT molecular complexity index is 1010. The molecule has 0 atom stereocenters. The number of nitrogens with zero attached hydrogens (tertiary/aromatic N) is 7. The molecule has 25 heavy (non-hydrogen) atoms. The smallest absolute Gasteiger partial charge is 0.292 e. The van der Waals surface area contributed by atoms with Crippen LogP contribution in [0.3, 0.4) is 0 Å².